The zero-order chi connectivity index (χ0) is 13.0. The van der Waals surface area contributed by atoms with Crippen molar-refractivity contribution in [3.63, 3.8) is 0 Å². The quantitative estimate of drug-likeness (QED) is 0.779. The monoisotopic (exact) mass is 271 g/mol. The molecule has 0 spiro atoms. The van der Waals surface area contributed by atoms with E-state index in [0.29, 0.717) is 10.7 Å². The Morgan fingerprint density at radius 3 is 2.50 bits per heavy atom. The number of aromatic nitrogens is 1. The van der Waals surface area contributed by atoms with Crippen molar-refractivity contribution in [1.82, 2.24) is 4.98 Å². The SMILES string of the molecule is N#CC(C#N)=Cc1csc(-c2ccc(Cl)cc2)n1. The highest BCUT2D eigenvalue weighted by Gasteiger charge is 2.04. The third kappa shape index (κ3) is 2.75. The fraction of sp³-hybridized carbons (Fsp3) is 0. The van der Waals surface area contributed by atoms with Gasteiger partial charge in [-0.1, -0.05) is 23.7 Å². The van der Waals surface area contributed by atoms with Gasteiger partial charge in [0.2, 0.25) is 0 Å². The normalized spacial score (nSPS) is 9.28. The van der Waals surface area contributed by atoms with Gasteiger partial charge in [0.15, 0.2) is 0 Å². The number of hydrogen-bond donors (Lipinski definition) is 0. The summed E-state index contributed by atoms with van der Waals surface area (Å²) in [6.07, 6.45) is 1.47. The molecule has 0 aliphatic heterocycles. The topological polar surface area (TPSA) is 60.5 Å². The number of nitriles is 2. The van der Waals surface area contributed by atoms with E-state index in [1.54, 1.807) is 29.7 Å². The van der Waals surface area contributed by atoms with Gasteiger partial charge in [0, 0.05) is 16.0 Å². The molecule has 0 saturated heterocycles. The van der Waals surface area contributed by atoms with E-state index in [2.05, 4.69) is 4.98 Å². The average Bonchev–Trinajstić information content (AvgIpc) is 2.85. The molecular formula is C13H6ClN3S. The highest BCUT2D eigenvalue weighted by molar-refractivity contribution is 7.13. The molecule has 0 atom stereocenters. The molecule has 18 heavy (non-hydrogen) atoms. The van der Waals surface area contributed by atoms with Gasteiger partial charge in [0.1, 0.15) is 22.7 Å². The van der Waals surface area contributed by atoms with Crippen molar-refractivity contribution in [2.75, 3.05) is 0 Å². The van der Waals surface area contributed by atoms with Gasteiger partial charge in [-0.05, 0) is 18.2 Å². The molecule has 0 unspecified atom stereocenters. The summed E-state index contributed by atoms with van der Waals surface area (Å²) in [5, 5.41) is 20.6. The van der Waals surface area contributed by atoms with E-state index in [4.69, 9.17) is 22.1 Å². The minimum Gasteiger partial charge on any atom is -0.237 e. The summed E-state index contributed by atoms with van der Waals surface area (Å²) in [7, 11) is 0. The molecule has 0 bridgehead atoms. The van der Waals surface area contributed by atoms with Crippen LogP contribution >= 0.6 is 22.9 Å². The van der Waals surface area contributed by atoms with Crippen LogP contribution in [0.5, 0.6) is 0 Å². The van der Waals surface area contributed by atoms with Crippen LogP contribution in [0.2, 0.25) is 5.02 Å². The first-order valence-electron chi connectivity index (χ1n) is 4.96. The number of benzene rings is 1. The molecule has 0 radical (unpaired) electrons. The van der Waals surface area contributed by atoms with Crippen molar-refractivity contribution in [2.45, 2.75) is 0 Å². The first kappa shape index (κ1) is 12.3. The molecule has 0 amide bonds. The molecule has 0 N–H and O–H groups in total. The lowest BCUT2D eigenvalue weighted by atomic mass is 10.2. The van der Waals surface area contributed by atoms with E-state index in [1.165, 1.54) is 17.4 Å². The van der Waals surface area contributed by atoms with Gasteiger partial charge in [-0.25, -0.2) is 4.98 Å². The number of allylic oxidation sites excluding steroid dienone is 1. The zero-order valence-corrected chi connectivity index (χ0v) is 10.7. The van der Waals surface area contributed by atoms with Crippen LogP contribution in [0.15, 0.2) is 35.2 Å². The fourth-order valence-corrected chi connectivity index (χ4v) is 2.22. The molecule has 0 fully saturated rings. The van der Waals surface area contributed by atoms with Gasteiger partial charge < -0.3 is 0 Å². The molecule has 0 aliphatic rings. The molecule has 1 heterocycles. The van der Waals surface area contributed by atoms with Crippen molar-refractivity contribution in [3.8, 4) is 22.7 Å². The lowest BCUT2D eigenvalue weighted by Gasteiger charge is -1.95. The number of rotatable bonds is 2. The molecule has 0 aliphatic carbocycles. The van der Waals surface area contributed by atoms with E-state index in [-0.39, 0.29) is 5.57 Å². The van der Waals surface area contributed by atoms with Crippen LogP contribution in [0.3, 0.4) is 0 Å². The molecule has 1 aromatic carbocycles. The molecular weight excluding hydrogens is 266 g/mol. The Labute approximate surface area is 113 Å². The highest BCUT2D eigenvalue weighted by atomic mass is 35.5. The standard InChI is InChI=1S/C13H6ClN3S/c14-11-3-1-10(2-4-11)13-17-12(8-18-13)5-9(6-15)7-16/h1-5,8H. The van der Waals surface area contributed by atoms with E-state index in [0.717, 1.165) is 10.6 Å². The minimum absolute atomic E-state index is 0.0444. The largest absolute Gasteiger partial charge is 0.237 e. The van der Waals surface area contributed by atoms with Crippen molar-refractivity contribution in [2.24, 2.45) is 0 Å². The predicted molar refractivity (Wildman–Crippen MR) is 71.8 cm³/mol. The number of hydrogen-bond acceptors (Lipinski definition) is 4. The van der Waals surface area contributed by atoms with Crippen molar-refractivity contribution >= 4 is 29.0 Å². The van der Waals surface area contributed by atoms with Crippen LogP contribution in [0, 0.1) is 22.7 Å². The van der Waals surface area contributed by atoms with Crippen molar-refractivity contribution in [1.29, 1.82) is 10.5 Å². The second-order valence-electron chi connectivity index (χ2n) is 3.37. The summed E-state index contributed by atoms with van der Waals surface area (Å²) >= 11 is 7.27. The second-order valence-corrected chi connectivity index (χ2v) is 4.66. The fourth-order valence-electron chi connectivity index (χ4n) is 1.31. The second kappa shape index (κ2) is 5.46. The summed E-state index contributed by atoms with van der Waals surface area (Å²) in [5.41, 5.74) is 1.62. The molecule has 86 valence electrons. The van der Waals surface area contributed by atoms with Crippen LogP contribution in [0.4, 0.5) is 0 Å². The summed E-state index contributed by atoms with van der Waals surface area (Å²) in [5.74, 6) is 0. The highest BCUT2D eigenvalue weighted by Crippen LogP contribution is 2.25. The van der Waals surface area contributed by atoms with E-state index in [1.807, 2.05) is 12.1 Å². The Bertz CT molecular complexity index is 655. The zero-order valence-electron chi connectivity index (χ0n) is 9.09. The lowest BCUT2D eigenvalue weighted by molar-refractivity contribution is 1.37. The Kier molecular flexibility index (Phi) is 3.74. The summed E-state index contributed by atoms with van der Waals surface area (Å²) in [6, 6.07) is 11.0. The Balaban J connectivity index is 2.32. The third-order valence-electron chi connectivity index (χ3n) is 2.15. The lowest BCUT2D eigenvalue weighted by Crippen LogP contribution is -1.78. The van der Waals surface area contributed by atoms with Crippen molar-refractivity contribution in [3.05, 3.63) is 45.9 Å². The van der Waals surface area contributed by atoms with E-state index < -0.39 is 0 Å². The summed E-state index contributed by atoms with van der Waals surface area (Å²) < 4.78 is 0. The maximum Gasteiger partial charge on any atom is 0.131 e. The van der Waals surface area contributed by atoms with Crippen molar-refractivity contribution < 1.29 is 0 Å². The number of nitrogens with zero attached hydrogens (tertiary/aromatic N) is 3. The van der Waals surface area contributed by atoms with Gasteiger partial charge in [-0.3, -0.25) is 0 Å². The van der Waals surface area contributed by atoms with Crippen LogP contribution in [0.1, 0.15) is 5.69 Å². The van der Waals surface area contributed by atoms with Gasteiger partial charge in [0.25, 0.3) is 0 Å². The van der Waals surface area contributed by atoms with Gasteiger partial charge in [0.05, 0.1) is 5.69 Å². The minimum atomic E-state index is 0.0444. The molecule has 5 heteroatoms. The van der Waals surface area contributed by atoms with Gasteiger partial charge in [-0.15, -0.1) is 11.3 Å². The van der Waals surface area contributed by atoms with Crippen LogP contribution < -0.4 is 0 Å². The maximum atomic E-state index is 8.66. The molecule has 0 saturated carbocycles. The Morgan fingerprint density at radius 2 is 1.89 bits per heavy atom. The Hall–Kier alpha value is -2.14. The third-order valence-corrected chi connectivity index (χ3v) is 3.31. The summed E-state index contributed by atoms with van der Waals surface area (Å²) in [6.45, 7) is 0. The molecule has 3 nitrogen and oxygen atoms in total. The van der Waals surface area contributed by atoms with E-state index in [9.17, 15) is 0 Å². The molecule has 1 aromatic heterocycles. The smallest absolute Gasteiger partial charge is 0.131 e. The number of thiazole rings is 1. The number of halogens is 1. The molecule has 2 rings (SSSR count). The first-order valence-corrected chi connectivity index (χ1v) is 6.22. The Morgan fingerprint density at radius 1 is 1.22 bits per heavy atom. The average molecular weight is 272 g/mol. The van der Waals surface area contributed by atoms with Crippen LogP contribution in [-0.4, -0.2) is 4.98 Å². The van der Waals surface area contributed by atoms with Crippen LogP contribution in [0.25, 0.3) is 16.6 Å². The van der Waals surface area contributed by atoms with Gasteiger partial charge in [-0.2, -0.15) is 10.5 Å². The maximum absolute atomic E-state index is 8.66. The van der Waals surface area contributed by atoms with Crippen LogP contribution in [-0.2, 0) is 0 Å². The summed E-state index contributed by atoms with van der Waals surface area (Å²) in [4.78, 5) is 4.34. The van der Waals surface area contributed by atoms with E-state index >= 15 is 0 Å². The van der Waals surface area contributed by atoms with Gasteiger partial charge >= 0.3 is 0 Å². The first-order chi connectivity index (χ1) is 8.72. The molecule has 2 aromatic rings. The predicted octanol–water partition coefficient (Wildman–Crippen LogP) is 3.89.